The van der Waals surface area contributed by atoms with Crippen molar-refractivity contribution in [2.45, 2.75) is 0 Å². The van der Waals surface area contributed by atoms with Crippen LogP contribution in [0, 0.1) is 0 Å². The van der Waals surface area contributed by atoms with Crippen molar-refractivity contribution in [2.75, 3.05) is 35.5 Å². The van der Waals surface area contributed by atoms with Crippen LogP contribution in [0.3, 0.4) is 0 Å². The van der Waals surface area contributed by atoms with Gasteiger partial charge in [-0.25, -0.2) is 0 Å². The van der Waals surface area contributed by atoms with E-state index in [-0.39, 0.29) is 28.2 Å². The maximum atomic E-state index is 13.2. The molecule has 0 saturated carbocycles. The standard InChI is InChI=1S/C20H20O7/c1-22-12-9-7-6-8-11(12)17-20(26-5)16(21)15-13(23-2)10-14(24-3)18(25-4)19(15)27-17/h6-10H,1-5H3. The molecule has 0 fully saturated rings. The second-order valence-corrected chi connectivity index (χ2v) is 5.51. The Balaban J connectivity index is 2.51. The summed E-state index contributed by atoms with van der Waals surface area (Å²) in [6.45, 7) is 0. The van der Waals surface area contributed by atoms with Gasteiger partial charge in [0.25, 0.3) is 0 Å². The van der Waals surface area contributed by atoms with Crippen LogP contribution in [0.4, 0.5) is 0 Å². The molecule has 7 heteroatoms. The van der Waals surface area contributed by atoms with Crippen LogP contribution >= 0.6 is 0 Å². The molecule has 0 atom stereocenters. The summed E-state index contributed by atoms with van der Waals surface area (Å²) < 4.78 is 33.0. The number of para-hydroxylation sites is 1. The smallest absolute Gasteiger partial charge is 0.239 e. The van der Waals surface area contributed by atoms with Crippen LogP contribution in [0.15, 0.2) is 39.5 Å². The van der Waals surface area contributed by atoms with Crippen molar-refractivity contribution >= 4 is 11.0 Å². The molecule has 1 aromatic heterocycles. The lowest BCUT2D eigenvalue weighted by Crippen LogP contribution is -2.10. The molecular formula is C20H20O7. The zero-order chi connectivity index (χ0) is 19.6. The van der Waals surface area contributed by atoms with Gasteiger partial charge in [-0.15, -0.1) is 0 Å². The molecular weight excluding hydrogens is 352 g/mol. The summed E-state index contributed by atoms with van der Waals surface area (Å²) in [6, 6.07) is 8.74. The fourth-order valence-corrected chi connectivity index (χ4v) is 2.97. The number of hydrogen-bond acceptors (Lipinski definition) is 7. The van der Waals surface area contributed by atoms with Crippen molar-refractivity contribution in [2.24, 2.45) is 0 Å². The Bertz CT molecular complexity index is 1040. The molecule has 142 valence electrons. The first-order valence-corrected chi connectivity index (χ1v) is 8.08. The SMILES string of the molecule is COc1ccccc1-c1oc2c(OC)c(OC)cc(OC)c2c(=O)c1OC. The number of fused-ring (bicyclic) bond motifs is 1. The first-order valence-electron chi connectivity index (χ1n) is 8.08. The van der Waals surface area contributed by atoms with E-state index in [4.69, 9.17) is 28.1 Å². The van der Waals surface area contributed by atoms with Crippen molar-refractivity contribution < 1.29 is 28.1 Å². The first kappa shape index (κ1) is 18.4. The van der Waals surface area contributed by atoms with Gasteiger partial charge >= 0.3 is 0 Å². The van der Waals surface area contributed by atoms with Crippen molar-refractivity contribution in [3.8, 4) is 40.1 Å². The molecule has 0 saturated heterocycles. The fraction of sp³-hybridized carbons (Fsp3) is 0.250. The predicted molar refractivity (Wildman–Crippen MR) is 101 cm³/mol. The predicted octanol–water partition coefficient (Wildman–Crippen LogP) is 3.50. The summed E-state index contributed by atoms with van der Waals surface area (Å²) in [7, 11) is 7.37. The van der Waals surface area contributed by atoms with Crippen LogP contribution in [-0.2, 0) is 0 Å². The fourth-order valence-electron chi connectivity index (χ4n) is 2.97. The van der Waals surface area contributed by atoms with Crippen LogP contribution in [0.1, 0.15) is 0 Å². The third-order valence-corrected chi connectivity index (χ3v) is 4.21. The minimum absolute atomic E-state index is 0.0394. The van der Waals surface area contributed by atoms with E-state index in [0.29, 0.717) is 22.8 Å². The molecule has 0 N–H and O–H groups in total. The monoisotopic (exact) mass is 372 g/mol. The van der Waals surface area contributed by atoms with Gasteiger partial charge in [-0.2, -0.15) is 0 Å². The van der Waals surface area contributed by atoms with Crippen LogP contribution in [0.2, 0.25) is 0 Å². The highest BCUT2D eigenvalue weighted by atomic mass is 16.5. The molecule has 27 heavy (non-hydrogen) atoms. The maximum absolute atomic E-state index is 13.2. The Labute approximate surface area is 156 Å². The molecule has 7 nitrogen and oxygen atoms in total. The average Bonchev–Trinajstić information content (AvgIpc) is 2.71. The molecule has 1 heterocycles. The van der Waals surface area contributed by atoms with Crippen molar-refractivity contribution in [3.63, 3.8) is 0 Å². The minimum Gasteiger partial charge on any atom is -0.496 e. The highest BCUT2D eigenvalue weighted by molar-refractivity contribution is 5.94. The number of methoxy groups -OCH3 is 5. The van der Waals surface area contributed by atoms with E-state index >= 15 is 0 Å². The normalized spacial score (nSPS) is 10.6. The Hall–Kier alpha value is -3.35. The lowest BCUT2D eigenvalue weighted by Gasteiger charge is -2.16. The van der Waals surface area contributed by atoms with Crippen molar-refractivity contribution in [1.82, 2.24) is 0 Å². The van der Waals surface area contributed by atoms with Crippen molar-refractivity contribution in [1.29, 1.82) is 0 Å². The number of rotatable bonds is 6. The Kier molecular flexibility index (Phi) is 5.12. The minimum atomic E-state index is -0.391. The Morgan fingerprint density at radius 2 is 1.37 bits per heavy atom. The third kappa shape index (κ3) is 2.91. The molecule has 2 aromatic carbocycles. The van der Waals surface area contributed by atoms with E-state index in [0.717, 1.165) is 0 Å². The lowest BCUT2D eigenvalue weighted by molar-refractivity contribution is 0.346. The van der Waals surface area contributed by atoms with Gasteiger partial charge in [0.1, 0.15) is 16.9 Å². The van der Waals surface area contributed by atoms with Gasteiger partial charge in [-0.3, -0.25) is 4.79 Å². The average molecular weight is 372 g/mol. The molecule has 3 rings (SSSR count). The molecule has 0 aliphatic carbocycles. The third-order valence-electron chi connectivity index (χ3n) is 4.21. The van der Waals surface area contributed by atoms with Gasteiger partial charge < -0.3 is 28.1 Å². The maximum Gasteiger partial charge on any atom is 0.239 e. The van der Waals surface area contributed by atoms with E-state index < -0.39 is 5.43 Å². The van der Waals surface area contributed by atoms with Gasteiger partial charge in [-0.05, 0) is 12.1 Å². The van der Waals surface area contributed by atoms with E-state index in [2.05, 4.69) is 0 Å². The molecule has 0 aliphatic rings. The highest BCUT2D eigenvalue weighted by Gasteiger charge is 2.26. The van der Waals surface area contributed by atoms with Crippen LogP contribution in [0.25, 0.3) is 22.3 Å². The van der Waals surface area contributed by atoms with E-state index in [1.54, 1.807) is 18.2 Å². The number of ether oxygens (including phenoxy) is 5. The van der Waals surface area contributed by atoms with Gasteiger partial charge in [0.2, 0.25) is 16.9 Å². The summed E-state index contributed by atoms with van der Waals surface area (Å²) in [5.41, 5.74) is 0.373. The van der Waals surface area contributed by atoms with E-state index in [1.807, 2.05) is 12.1 Å². The topological polar surface area (TPSA) is 76.4 Å². The summed E-state index contributed by atoms with van der Waals surface area (Å²) >= 11 is 0. The summed E-state index contributed by atoms with van der Waals surface area (Å²) in [6.07, 6.45) is 0. The highest BCUT2D eigenvalue weighted by Crippen LogP contribution is 2.44. The molecule has 0 amide bonds. The van der Waals surface area contributed by atoms with Crippen LogP contribution < -0.4 is 29.1 Å². The van der Waals surface area contributed by atoms with Gasteiger partial charge in [0.15, 0.2) is 17.1 Å². The number of hydrogen-bond donors (Lipinski definition) is 0. The molecule has 3 aromatic rings. The van der Waals surface area contributed by atoms with E-state index in [9.17, 15) is 4.79 Å². The largest absolute Gasteiger partial charge is 0.496 e. The molecule has 0 bridgehead atoms. The Morgan fingerprint density at radius 3 is 1.96 bits per heavy atom. The summed E-state index contributed by atoms with van der Waals surface area (Å²) in [5, 5.41) is 0.200. The van der Waals surface area contributed by atoms with Gasteiger partial charge in [-0.1, -0.05) is 12.1 Å². The van der Waals surface area contributed by atoms with Crippen molar-refractivity contribution in [3.05, 3.63) is 40.6 Å². The summed E-state index contributed by atoms with van der Waals surface area (Å²) in [5.74, 6) is 1.75. The van der Waals surface area contributed by atoms with Crippen LogP contribution in [0.5, 0.6) is 28.7 Å². The number of benzene rings is 2. The molecule has 0 spiro atoms. The second-order valence-electron chi connectivity index (χ2n) is 5.51. The second kappa shape index (κ2) is 7.49. The van der Waals surface area contributed by atoms with E-state index in [1.165, 1.54) is 35.5 Å². The zero-order valence-electron chi connectivity index (χ0n) is 15.7. The Morgan fingerprint density at radius 1 is 0.741 bits per heavy atom. The molecule has 0 unspecified atom stereocenters. The van der Waals surface area contributed by atoms with Gasteiger partial charge in [0, 0.05) is 6.07 Å². The first-order chi connectivity index (χ1) is 13.1. The zero-order valence-corrected chi connectivity index (χ0v) is 15.7. The summed E-state index contributed by atoms with van der Waals surface area (Å²) in [4.78, 5) is 13.2. The lowest BCUT2D eigenvalue weighted by atomic mass is 10.1. The van der Waals surface area contributed by atoms with Crippen LogP contribution in [-0.4, -0.2) is 35.5 Å². The molecule has 0 radical (unpaired) electrons. The quantitative estimate of drug-likeness (QED) is 0.655. The van der Waals surface area contributed by atoms with Gasteiger partial charge in [0.05, 0.1) is 41.1 Å². The molecule has 0 aliphatic heterocycles.